The molecule has 0 unspecified atom stereocenters. The minimum atomic E-state index is -0.701. The number of allylic oxidation sites excluding steroid dienone is 3. The molecule has 0 heterocycles. The first-order valence-electron chi connectivity index (χ1n) is 5.14. The van der Waals surface area contributed by atoms with E-state index in [-0.39, 0.29) is 6.42 Å². The highest BCUT2D eigenvalue weighted by Gasteiger charge is 2.14. The van der Waals surface area contributed by atoms with Gasteiger partial charge in [0.2, 0.25) is 0 Å². The summed E-state index contributed by atoms with van der Waals surface area (Å²) in [6, 6.07) is 0. The van der Waals surface area contributed by atoms with Gasteiger partial charge in [0.15, 0.2) is 0 Å². The molecule has 0 spiro atoms. The number of aliphatic carboxylic acids is 1. The molecule has 0 aromatic heterocycles. The highest BCUT2D eigenvalue weighted by atomic mass is 16.4. The second-order valence-corrected chi connectivity index (χ2v) is 4.07. The SMILES string of the molecule is C=C(C)[C@H]1CC=C(CCC(=O)O)CC1. The summed E-state index contributed by atoms with van der Waals surface area (Å²) < 4.78 is 0. The number of carboxylic acids is 1. The van der Waals surface area contributed by atoms with E-state index in [2.05, 4.69) is 19.6 Å². The third kappa shape index (κ3) is 3.36. The Bertz CT molecular complexity index is 263. The summed E-state index contributed by atoms with van der Waals surface area (Å²) in [5.41, 5.74) is 2.56. The largest absolute Gasteiger partial charge is 0.481 e. The first-order valence-corrected chi connectivity index (χ1v) is 5.14. The van der Waals surface area contributed by atoms with Crippen molar-refractivity contribution in [3.05, 3.63) is 23.8 Å². The van der Waals surface area contributed by atoms with Gasteiger partial charge in [0.05, 0.1) is 0 Å². The van der Waals surface area contributed by atoms with Gasteiger partial charge < -0.3 is 5.11 Å². The molecule has 2 heteroatoms. The van der Waals surface area contributed by atoms with Gasteiger partial charge in [-0.1, -0.05) is 23.8 Å². The third-order valence-corrected chi connectivity index (χ3v) is 2.86. The van der Waals surface area contributed by atoms with Crippen LogP contribution >= 0.6 is 0 Å². The minimum absolute atomic E-state index is 0.267. The molecule has 1 atom stereocenters. The zero-order valence-corrected chi connectivity index (χ0v) is 8.75. The van der Waals surface area contributed by atoms with Crippen molar-refractivity contribution in [2.24, 2.45) is 5.92 Å². The molecular weight excluding hydrogens is 176 g/mol. The fraction of sp³-hybridized carbons (Fsp3) is 0.583. The lowest BCUT2D eigenvalue weighted by molar-refractivity contribution is -0.136. The Morgan fingerprint density at radius 1 is 1.71 bits per heavy atom. The molecule has 0 radical (unpaired) electrons. The second kappa shape index (κ2) is 4.99. The molecule has 0 aliphatic heterocycles. The normalized spacial score (nSPS) is 21.5. The Hall–Kier alpha value is -1.05. The molecule has 0 aromatic rings. The van der Waals surface area contributed by atoms with Crippen LogP contribution in [0.5, 0.6) is 0 Å². The Morgan fingerprint density at radius 3 is 2.86 bits per heavy atom. The van der Waals surface area contributed by atoms with Gasteiger partial charge in [-0.05, 0) is 38.5 Å². The van der Waals surface area contributed by atoms with Crippen molar-refractivity contribution in [2.75, 3.05) is 0 Å². The lowest BCUT2D eigenvalue weighted by Gasteiger charge is -2.21. The maximum atomic E-state index is 10.4. The van der Waals surface area contributed by atoms with Crippen LogP contribution in [0.2, 0.25) is 0 Å². The van der Waals surface area contributed by atoms with Crippen molar-refractivity contribution in [3.8, 4) is 0 Å². The standard InChI is InChI=1S/C12H18O2/c1-9(2)11-6-3-10(4-7-11)5-8-12(13)14/h3,11H,1,4-8H2,2H3,(H,13,14)/t11-/m0/s1. The number of hydrogen-bond donors (Lipinski definition) is 1. The average Bonchev–Trinajstić information content (AvgIpc) is 2.15. The molecule has 0 saturated heterocycles. The van der Waals surface area contributed by atoms with Gasteiger partial charge in [-0.3, -0.25) is 4.79 Å². The quantitative estimate of drug-likeness (QED) is 0.698. The summed E-state index contributed by atoms with van der Waals surface area (Å²) in [5.74, 6) is -0.0866. The number of hydrogen-bond acceptors (Lipinski definition) is 1. The molecule has 14 heavy (non-hydrogen) atoms. The van der Waals surface area contributed by atoms with Crippen LogP contribution in [0.3, 0.4) is 0 Å². The summed E-state index contributed by atoms with van der Waals surface area (Å²) >= 11 is 0. The van der Waals surface area contributed by atoms with Crippen LogP contribution in [0.25, 0.3) is 0 Å². The maximum Gasteiger partial charge on any atom is 0.303 e. The van der Waals surface area contributed by atoms with E-state index in [4.69, 9.17) is 5.11 Å². The molecule has 2 nitrogen and oxygen atoms in total. The van der Waals surface area contributed by atoms with Crippen molar-refractivity contribution in [1.82, 2.24) is 0 Å². The van der Waals surface area contributed by atoms with E-state index in [1.807, 2.05) is 0 Å². The topological polar surface area (TPSA) is 37.3 Å². The van der Waals surface area contributed by atoms with E-state index >= 15 is 0 Å². The monoisotopic (exact) mass is 194 g/mol. The van der Waals surface area contributed by atoms with Crippen molar-refractivity contribution < 1.29 is 9.90 Å². The minimum Gasteiger partial charge on any atom is -0.481 e. The lowest BCUT2D eigenvalue weighted by atomic mass is 9.84. The first kappa shape index (κ1) is 11.0. The smallest absolute Gasteiger partial charge is 0.303 e. The molecule has 0 amide bonds. The van der Waals surface area contributed by atoms with E-state index in [9.17, 15) is 4.79 Å². The summed E-state index contributed by atoms with van der Waals surface area (Å²) in [6.45, 7) is 6.02. The van der Waals surface area contributed by atoms with Crippen LogP contribution in [0.1, 0.15) is 39.0 Å². The Morgan fingerprint density at radius 2 is 2.43 bits per heavy atom. The Labute approximate surface area is 85.3 Å². The summed E-state index contributed by atoms with van der Waals surface area (Å²) in [4.78, 5) is 10.4. The third-order valence-electron chi connectivity index (χ3n) is 2.86. The highest BCUT2D eigenvalue weighted by Crippen LogP contribution is 2.29. The second-order valence-electron chi connectivity index (χ2n) is 4.07. The predicted molar refractivity (Wildman–Crippen MR) is 57.1 cm³/mol. The van der Waals surface area contributed by atoms with Gasteiger partial charge in [-0.2, -0.15) is 0 Å². The molecule has 0 bridgehead atoms. The number of carboxylic acid groups (broad SMARTS) is 1. The van der Waals surface area contributed by atoms with Crippen LogP contribution in [0.4, 0.5) is 0 Å². The van der Waals surface area contributed by atoms with E-state index in [1.54, 1.807) is 0 Å². The van der Waals surface area contributed by atoms with Gasteiger partial charge in [0, 0.05) is 6.42 Å². The van der Waals surface area contributed by atoms with E-state index in [1.165, 1.54) is 11.1 Å². The van der Waals surface area contributed by atoms with Gasteiger partial charge in [-0.25, -0.2) is 0 Å². The van der Waals surface area contributed by atoms with E-state index in [0.717, 1.165) is 25.7 Å². The Balaban J connectivity index is 2.37. The van der Waals surface area contributed by atoms with E-state index in [0.29, 0.717) is 5.92 Å². The molecule has 0 fully saturated rings. The average molecular weight is 194 g/mol. The van der Waals surface area contributed by atoms with Gasteiger partial charge in [0.25, 0.3) is 0 Å². The molecule has 78 valence electrons. The van der Waals surface area contributed by atoms with Crippen LogP contribution in [-0.4, -0.2) is 11.1 Å². The predicted octanol–water partition coefficient (Wildman–Crippen LogP) is 3.15. The molecule has 1 N–H and O–H groups in total. The van der Waals surface area contributed by atoms with Crippen molar-refractivity contribution in [2.45, 2.75) is 39.0 Å². The molecule has 1 rings (SSSR count). The van der Waals surface area contributed by atoms with Crippen molar-refractivity contribution >= 4 is 5.97 Å². The van der Waals surface area contributed by atoms with Crippen LogP contribution < -0.4 is 0 Å². The zero-order chi connectivity index (χ0) is 10.6. The molecule has 1 aliphatic carbocycles. The highest BCUT2D eigenvalue weighted by molar-refractivity contribution is 5.67. The zero-order valence-electron chi connectivity index (χ0n) is 8.75. The summed E-state index contributed by atoms with van der Waals surface area (Å²) in [5, 5.41) is 8.54. The number of carbonyl (C=O) groups is 1. The molecule has 0 aromatic carbocycles. The van der Waals surface area contributed by atoms with Crippen molar-refractivity contribution in [3.63, 3.8) is 0 Å². The van der Waals surface area contributed by atoms with E-state index < -0.39 is 5.97 Å². The van der Waals surface area contributed by atoms with Crippen LogP contribution in [-0.2, 0) is 4.79 Å². The van der Waals surface area contributed by atoms with Crippen LogP contribution in [0, 0.1) is 5.92 Å². The molecule has 1 aliphatic rings. The molecule has 0 saturated carbocycles. The van der Waals surface area contributed by atoms with Gasteiger partial charge >= 0.3 is 5.97 Å². The summed E-state index contributed by atoms with van der Waals surface area (Å²) in [6.07, 6.45) is 6.42. The lowest BCUT2D eigenvalue weighted by Crippen LogP contribution is -2.07. The number of rotatable bonds is 4. The van der Waals surface area contributed by atoms with Gasteiger partial charge in [0.1, 0.15) is 0 Å². The summed E-state index contributed by atoms with van der Waals surface area (Å²) in [7, 11) is 0. The Kier molecular flexibility index (Phi) is 3.93. The van der Waals surface area contributed by atoms with Gasteiger partial charge in [-0.15, -0.1) is 0 Å². The fourth-order valence-corrected chi connectivity index (χ4v) is 1.83. The van der Waals surface area contributed by atoms with Crippen molar-refractivity contribution in [1.29, 1.82) is 0 Å². The maximum absolute atomic E-state index is 10.4. The van der Waals surface area contributed by atoms with Crippen LogP contribution in [0.15, 0.2) is 23.8 Å². The first-order chi connectivity index (χ1) is 6.59. The fourth-order valence-electron chi connectivity index (χ4n) is 1.83. The molecular formula is C12H18O2.